The van der Waals surface area contributed by atoms with Gasteiger partial charge in [0.2, 0.25) is 0 Å². The van der Waals surface area contributed by atoms with Crippen molar-refractivity contribution in [1.29, 1.82) is 0 Å². The van der Waals surface area contributed by atoms with Gasteiger partial charge >= 0.3 is 6.18 Å². The van der Waals surface area contributed by atoms with E-state index in [0.29, 0.717) is 29.0 Å². The van der Waals surface area contributed by atoms with Gasteiger partial charge in [-0.25, -0.2) is 4.39 Å². The van der Waals surface area contributed by atoms with Crippen LogP contribution in [0.1, 0.15) is 34.2 Å². The van der Waals surface area contributed by atoms with Crippen LogP contribution in [-0.4, -0.2) is 10.7 Å². The lowest BCUT2D eigenvalue weighted by Crippen LogP contribution is -2.09. The van der Waals surface area contributed by atoms with Gasteiger partial charge in [0.15, 0.2) is 0 Å². The molecule has 3 aromatic rings. The number of hydrogen-bond acceptors (Lipinski definition) is 2. The molecule has 29 heavy (non-hydrogen) atoms. The van der Waals surface area contributed by atoms with Crippen LogP contribution in [0.25, 0.3) is 11.3 Å². The zero-order valence-corrected chi connectivity index (χ0v) is 15.5. The van der Waals surface area contributed by atoms with E-state index in [0.717, 1.165) is 17.2 Å². The van der Waals surface area contributed by atoms with Crippen LogP contribution in [0, 0.1) is 12.7 Å². The lowest BCUT2D eigenvalue weighted by molar-refractivity contribution is -0.138. The van der Waals surface area contributed by atoms with Crippen LogP contribution in [0.3, 0.4) is 0 Å². The predicted octanol–water partition coefficient (Wildman–Crippen LogP) is 6.31. The van der Waals surface area contributed by atoms with Crippen molar-refractivity contribution in [2.75, 3.05) is 0 Å². The number of alkyl halides is 3. The molecule has 1 aliphatic heterocycles. The maximum Gasteiger partial charge on any atom is 0.416 e. The minimum Gasteiger partial charge on any atom is -0.265 e. The number of hydrogen-bond donors (Lipinski definition) is 0. The molecular formula is C23H16F4N2. The summed E-state index contributed by atoms with van der Waals surface area (Å²) in [4.78, 5) is 8.67. The van der Waals surface area contributed by atoms with E-state index in [1.165, 1.54) is 25.1 Å². The first kappa shape index (κ1) is 19.1. The molecule has 1 aromatic heterocycles. The molecule has 0 bridgehead atoms. The van der Waals surface area contributed by atoms with Crippen molar-refractivity contribution in [1.82, 2.24) is 4.98 Å². The number of aryl methyl sites for hydroxylation is 1. The van der Waals surface area contributed by atoms with E-state index >= 15 is 0 Å². The molecule has 1 aliphatic rings. The van der Waals surface area contributed by atoms with Crippen LogP contribution < -0.4 is 0 Å². The molecule has 0 radical (unpaired) electrons. The van der Waals surface area contributed by atoms with E-state index in [4.69, 9.17) is 0 Å². The Bertz CT molecular complexity index is 1110. The molecule has 0 fully saturated rings. The van der Waals surface area contributed by atoms with E-state index < -0.39 is 11.7 Å². The standard InChI is InChI=1S/C23H16F4N2/c1-14-2-3-17(12-20(14)23(25,26)27)21-13-19(15-8-10-28-11-9-15)22(29-21)16-4-6-18(24)7-5-16/h2-12H,13H2,1H3. The Hall–Kier alpha value is -3.28. The summed E-state index contributed by atoms with van der Waals surface area (Å²) in [6, 6.07) is 13.8. The van der Waals surface area contributed by atoms with Crippen LogP contribution in [-0.2, 0) is 6.18 Å². The van der Waals surface area contributed by atoms with Gasteiger partial charge in [0.05, 0.1) is 17.0 Å². The topological polar surface area (TPSA) is 25.2 Å². The van der Waals surface area contributed by atoms with Crippen LogP contribution in [0.4, 0.5) is 17.6 Å². The van der Waals surface area contributed by atoms with Crippen molar-refractivity contribution in [2.45, 2.75) is 19.5 Å². The fourth-order valence-electron chi connectivity index (χ4n) is 3.41. The lowest BCUT2D eigenvalue weighted by Gasteiger charge is -2.12. The molecule has 146 valence electrons. The first-order chi connectivity index (χ1) is 13.8. The smallest absolute Gasteiger partial charge is 0.265 e. The third kappa shape index (κ3) is 3.83. The van der Waals surface area contributed by atoms with Crippen LogP contribution >= 0.6 is 0 Å². The number of pyridine rings is 1. The van der Waals surface area contributed by atoms with Crippen molar-refractivity contribution < 1.29 is 17.6 Å². The second kappa shape index (κ2) is 7.28. The first-order valence-corrected chi connectivity index (χ1v) is 8.98. The Morgan fingerprint density at radius 2 is 1.48 bits per heavy atom. The monoisotopic (exact) mass is 396 g/mol. The highest BCUT2D eigenvalue weighted by Gasteiger charge is 2.33. The van der Waals surface area contributed by atoms with E-state index in [1.54, 1.807) is 30.6 Å². The van der Waals surface area contributed by atoms with Crippen molar-refractivity contribution >= 4 is 17.0 Å². The van der Waals surface area contributed by atoms with Gasteiger partial charge in [0.25, 0.3) is 0 Å². The van der Waals surface area contributed by atoms with E-state index in [1.807, 2.05) is 12.1 Å². The number of nitrogens with zero attached hydrogens (tertiary/aromatic N) is 2. The quantitative estimate of drug-likeness (QED) is 0.476. The van der Waals surface area contributed by atoms with Crippen molar-refractivity contribution in [2.24, 2.45) is 4.99 Å². The third-order valence-corrected chi connectivity index (χ3v) is 4.90. The molecule has 4 rings (SSSR count). The summed E-state index contributed by atoms with van der Waals surface area (Å²) >= 11 is 0. The van der Waals surface area contributed by atoms with Gasteiger partial charge in [-0.05, 0) is 71.7 Å². The Morgan fingerprint density at radius 3 is 2.14 bits per heavy atom. The molecule has 2 aromatic carbocycles. The third-order valence-electron chi connectivity index (χ3n) is 4.90. The molecule has 0 aliphatic carbocycles. The molecular weight excluding hydrogens is 380 g/mol. The van der Waals surface area contributed by atoms with Crippen LogP contribution in [0.2, 0.25) is 0 Å². The number of benzene rings is 2. The van der Waals surface area contributed by atoms with E-state index in [9.17, 15) is 17.6 Å². The minimum absolute atomic E-state index is 0.168. The fourth-order valence-corrected chi connectivity index (χ4v) is 3.41. The molecule has 2 nitrogen and oxygen atoms in total. The Balaban J connectivity index is 1.81. The summed E-state index contributed by atoms with van der Waals surface area (Å²) in [5, 5.41) is 0. The zero-order valence-electron chi connectivity index (χ0n) is 15.5. The number of rotatable bonds is 3. The van der Waals surface area contributed by atoms with Crippen LogP contribution in [0.5, 0.6) is 0 Å². The van der Waals surface area contributed by atoms with Crippen LogP contribution in [0.15, 0.2) is 72.0 Å². The van der Waals surface area contributed by atoms with Crippen molar-refractivity contribution in [3.05, 3.63) is 101 Å². The number of aromatic nitrogens is 1. The fraction of sp³-hybridized carbons (Fsp3) is 0.130. The Labute approximate surface area is 165 Å². The largest absolute Gasteiger partial charge is 0.416 e. The molecule has 2 heterocycles. The van der Waals surface area contributed by atoms with Crippen molar-refractivity contribution in [3.8, 4) is 0 Å². The van der Waals surface area contributed by atoms with Gasteiger partial charge in [-0.15, -0.1) is 0 Å². The second-order valence-electron chi connectivity index (χ2n) is 6.83. The summed E-state index contributed by atoms with van der Waals surface area (Å²) in [5.41, 5.74) is 3.54. The van der Waals surface area contributed by atoms with E-state index in [2.05, 4.69) is 9.98 Å². The average Bonchev–Trinajstić information content (AvgIpc) is 3.14. The van der Waals surface area contributed by atoms with Gasteiger partial charge in [-0.3, -0.25) is 9.98 Å². The number of aliphatic imine (C=N–C) groups is 1. The molecule has 0 N–H and O–H groups in total. The SMILES string of the molecule is Cc1ccc(C2=NC(c3ccc(F)cc3)=C(c3ccncc3)C2)cc1C(F)(F)F. The molecule has 0 saturated heterocycles. The molecule has 0 saturated carbocycles. The maximum absolute atomic E-state index is 13.4. The molecule has 0 unspecified atom stereocenters. The van der Waals surface area contributed by atoms with Gasteiger partial charge in [0, 0.05) is 24.4 Å². The summed E-state index contributed by atoms with van der Waals surface area (Å²) < 4.78 is 53.4. The highest BCUT2D eigenvalue weighted by Crippen LogP contribution is 2.38. The van der Waals surface area contributed by atoms with E-state index in [-0.39, 0.29) is 11.4 Å². The van der Waals surface area contributed by atoms with Gasteiger partial charge in [-0.2, -0.15) is 13.2 Å². The second-order valence-corrected chi connectivity index (χ2v) is 6.83. The molecule has 6 heteroatoms. The average molecular weight is 396 g/mol. The minimum atomic E-state index is -4.43. The maximum atomic E-state index is 13.4. The molecule has 0 atom stereocenters. The highest BCUT2D eigenvalue weighted by atomic mass is 19.4. The molecule has 0 spiro atoms. The number of halogens is 4. The highest BCUT2D eigenvalue weighted by molar-refractivity contribution is 6.16. The lowest BCUT2D eigenvalue weighted by atomic mass is 9.95. The first-order valence-electron chi connectivity index (χ1n) is 8.98. The normalized spacial score (nSPS) is 14.3. The Morgan fingerprint density at radius 1 is 0.828 bits per heavy atom. The van der Waals surface area contributed by atoms with Gasteiger partial charge < -0.3 is 0 Å². The number of allylic oxidation sites excluding steroid dienone is 1. The van der Waals surface area contributed by atoms with Gasteiger partial charge in [-0.1, -0.05) is 12.1 Å². The van der Waals surface area contributed by atoms with Crippen molar-refractivity contribution in [3.63, 3.8) is 0 Å². The summed E-state index contributed by atoms with van der Waals surface area (Å²) in [7, 11) is 0. The Kier molecular flexibility index (Phi) is 4.78. The predicted molar refractivity (Wildman–Crippen MR) is 105 cm³/mol. The summed E-state index contributed by atoms with van der Waals surface area (Å²) in [6.07, 6.45) is -0.760. The zero-order chi connectivity index (χ0) is 20.6. The summed E-state index contributed by atoms with van der Waals surface area (Å²) in [6.45, 7) is 1.44. The molecule has 0 amide bonds. The summed E-state index contributed by atoms with van der Waals surface area (Å²) in [5.74, 6) is -0.365. The van der Waals surface area contributed by atoms with Gasteiger partial charge in [0.1, 0.15) is 5.82 Å².